The van der Waals surface area contributed by atoms with Gasteiger partial charge in [-0.05, 0) is 12.1 Å². The number of nitrogens with zero attached hydrogens (tertiary/aromatic N) is 4. The third kappa shape index (κ3) is 4.47. The van der Waals surface area contributed by atoms with E-state index in [1.807, 2.05) is 91.0 Å². The Labute approximate surface area is 268 Å². The Morgan fingerprint density at radius 3 is 1.70 bits per heavy atom. The molecule has 0 amide bonds. The van der Waals surface area contributed by atoms with E-state index < -0.39 is 0 Å². The molecule has 0 atom stereocenters. The lowest BCUT2D eigenvalue weighted by Crippen LogP contribution is -2.00. The molecule has 9 aromatic rings. The van der Waals surface area contributed by atoms with Crippen LogP contribution >= 0.6 is 11.3 Å². The standard InChI is InChI=1S/C40H24N4OS/c1-4-13-25(14-5-1)37-42-38(26-15-6-2-7-16-26)44-39(43-37)31-22-12-24-33-34(31)30-21-10-19-28(35(30)45-33)29-20-11-23-32-36(29)46-40(41-32)27-17-8-3-9-18-27/h1-24H. The maximum Gasteiger partial charge on any atom is 0.164 e. The summed E-state index contributed by atoms with van der Waals surface area (Å²) in [6, 6.07) is 49.2. The molecule has 9 rings (SSSR count). The van der Waals surface area contributed by atoms with Crippen molar-refractivity contribution in [1.29, 1.82) is 0 Å². The normalized spacial score (nSPS) is 11.5. The van der Waals surface area contributed by atoms with Gasteiger partial charge in [0.1, 0.15) is 16.2 Å². The van der Waals surface area contributed by atoms with E-state index in [0.717, 1.165) is 70.5 Å². The second-order valence-corrected chi connectivity index (χ2v) is 12.0. The Kier molecular flexibility index (Phi) is 6.25. The highest BCUT2D eigenvalue weighted by atomic mass is 32.1. The summed E-state index contributed by atoms with van der Waals surface area (Å²) in [7, 11) is 0. The van der Waals surface area contributed by atoms with E-state index in [2.05, 4.69) is 54.6 Å². The zero-order valence-corrected chi connectivity index (χ0v) is 25.3. The lowest BCUT2D eigenvalue weighted by Gasteiger charge is -2.09. The number of benzene rings is 6. The molecule has 0 fully saturated rings. The molecule has 0 saturated carbocycles. The maximum absolute atomic E-state index is 6.68. The topological polar surface area (TPSA) is 64.7 Å². The van der Waals surface area contributed by atoms with Crippen molar-refractivity contribution in [3.05, 3.63) is 146 Å². The predicted molar refractivity (Wildman–Crippen MR) is 187 cm³/mol. The van der Waals surface area contributed by atoms with Crippen LogP contribution in [0.5, 0.6) is 0 Å². The van der Waals surface area contributed by atoms with Gasteiger partial charge in [-0.15, -0.1) is 11.3 Å². The minimum absolute atomic E-state index is 0.600. The van der Waals surface area contributed by atoms with Gasteiger partial charge in [-0.2, -0.15) is 0 Å². The highest BCUT2D eigenvalue weighted by molar-refractivity contribution is 7.22. The van der Waals surface area contributed by atoms with Crippen molar-refractivity contribution in [2.75, 3.05) is 0 Å². The fourth-order valence-corrected chi connectivity index (χ4v) is 7.14. The van der Waals surface area contributed by atoms with Crippen molar-refractivity contribution in [1.82, 2.24) is 19.9 Å². The average Bonchev–Trinajstić information content (AvgIpc) is 3.75. The van der Waals surface area contributed by atoms with E-state index in [0.29, 0.717) is 17.5 Å². The zero-order chi connectivity index (χ0) is 30.5. The number of hydrogen-bond acceptors (Lipinski definition) is 6. The van der Waals surface area contributed by atoms with Gasteiger partial charge in [0.2, 0.25) is 0 Å². The van der Waals surface area contributed by atoms with Crippen LogP contribution in [0.1, 0.15) is 0 Å². The molecule has 3 aromatic heterocycles. The fraction of sp³-hybridized carbons (Fsp3) is 0. The molecule has 0 aliphatic carbocycles. The summed E-state index contributed by atoms with van der Waals surface area (Å²) < 4.78 is 7.81. The summed E-state index contributed by atoms with van der Waals surface area (Å²) in [6.07, 6.45) is 0. The number of aromatic nitrogens is 4. The summed E-state index contributed by atoms with van der Waals surface area (Å²) in [5.74, 6) is 1.85. The molecule has 5 nitrogen and oxygen atoms in total. The number of para-hydroxylation sites is 1. The maximum atomic E-state index is 6.68. The molecule has 0 bridgehead atoms. The van der Waals surface area contributed by atoms with Gasteiger partial charge in [0.05, 0.1) is 10.2 Å². The van der Waals surface area contributed by atoms with E-state index in [9.17, 15) is 0 Å². The number of rotatable bonds is 5. The Morgan fingerprint density at radius 2 is 1.00 bits per heavy atom. The monoisotopic (exact) mass is 608 g/mol. The highest BCUT2D eigenvalue weighted by Gasteiger charge is 2.20. The highest BCUT2D eigenvalue weighted by Crippen LogP contribution is 2.43. The summed E-state index contributed by atoms with van der Waals surface area (Å²) in [5, 5.41) is 2.99. The second-order valence-electron chi connectivity index (χ2n) is 11.0. The van der Waals surface area contributed by atoms with Gasteiger partial charge in [-0.25, -0.2) is 19.9 Å². The van der Waals surface area contributed by atoms with Crippen LogP contribution in [0, 0.1) is 0 Å². The van der Waals surface area contributed by atoms with E-state index in [-0.39, 0.29) is 0 Å². The van der Waals surface area contributed by atoms with Crippen molar-refractivity contribution in [3.8, 4) is 55.9 Å². The van der Waals surface area contributed by atoms with E-state index >= 15 is 0 Å². The van der Waals surface area contributed by atoms with Crippen LogP contribution in [0.15, 0.2) is 150 Å². The quantitative estimate of drug-likeness (QED) is 0.194. The van der Waals surface area contributed by atoms with Crippen molar-refractivity contribution >= 4 is 43.5 Å². The van der Waals surface area contributed by atoms with Crippen molar-refractivity contribution < 1.29 is 4.42 Å². The van der Waals surface area contributed by atoms with Crippen LogP contribution < -0.4 is 0 Å². The number of thiazole rings is 1. The molecular formula is C40H24N4OS. The van der Waals surface area contributed by atoms with Crippen molar-refractivity contribution in [3.63, 3.8) is 0 Å². The van der Waals surface area contributed by atoms with E-state index in [4.69, 9.17) is 24.4 Å². The van der Waals surface area contributed by atoms with Gasteiger partial charge < -0.3 is 4.42 Å². The van der Waals surface area contributed by atoms with Gasteiger partial charge in [0.15, 0.2) is 17.5 Å². The SMILES string of the molecule is c1ccc(-c2nc(-c3ccccc3)nc(-c3cccc4oc5c(-c6cccc7nc(-c8ccccc8)sc67)cccc5c34)n2)cc1. The molecule has 6 heteroatoms. The van der Waals surface area contributed by atoms with Crippen molar-refractivity contribution in [2.45, 2.75) is 0 Å². The molecule has 3 heterocycles. The molecule has 0 radical (unpaired) electrons. The molecule has 0 saturated heterocycles. The lowest BCUT2D eigenvalue weighted by atomic mass is 10.00. The molecule has 0 unspecified atom stereocenters. The van der Waals surface area contributed by atoms with Gasteiger partial charge >= 0.3 is 0 Å². The Balaban J connectivity index is 1.26. The van der Waals surface area contributed by atoms with Crippen LogP contribution in [-0.4, -0.2) is 19.9 Å². The Bertz CT molecular complexity index is 2470. The van der Waals surface area contributed by atoms with Gasteiger partial charge in [0.25, 0.3) is 0 Å². The minimum atomic E-state index is 0.600. The third-order valence-electron chi connectivity index (χ3n) is 8.19. The summed E-state index contributed by atoms with van der Waals surface area (Å²) >= 11 is 1.71. The molecule has 0 N–H and O–H groups in total. The molecule has 0 spiro atoms. The molecule has 0 aliphatic heterocycles. The molecule has 46 heavy (non-hydrogen) atoms. The summed E-state index contributed by atoms with van der Waals surface area (Å²) in [6.45, 7) is 0. The first kappa shape index (κ1) is 26.4. The molecule has 0 aliphatic rings. The van der Waals surface area contributed by atoms with Crippen LogP contribution in [0.4, 0.5) is 0 Å². The molecule has 6 aromatic carbocycles. The first-order valence-corrected chi connectivity index (χ1v) is 15.9. The van der Waals surface area contributed by atoms with Crippen LogP contribution in [0.25, 0.3) is 88.0 Å². The number of fused-ring (bicyclic) bond motifs is 4. The Hall–Kier alpha value is -5.98. The zero-order valence-electron chi connectivity index (χ0n) is 24.5. The first-order valence-electron chi connectivity index (χ1n) is 15.1. The van der Waals surface area contributed by atoms with Crippen molar-refractivity contribution in [2.24, 2.45) is 0 Å². The van der Waals surface area contributed by atoms with Crippen LogP contribution in [0.3, 0.4) is 0 Å². The van der Waals surface area contributed by atoms with Crippen LogP contribution in [0.2, 0.25) is 0 Å². The number of hydrogen-bond donors (Lipinski definition) is 0. The Morgan fingerprint density at radius 1 is 0.435 bits per heavy atom. The third-order valence-corrected chi connectivity index (χ3v) is 9.34. The summed E-state index contributed by atoms with van der Waals surface area (Å²) in [5.41, 5.74) is 8.58. The smallest absolute Gasteiger partial charge is 0.164 e. The number of furan rings is 1. The van der Waals surface area contributed by atoms with Crippen LogP contribution in [-0.2, 0) is 0 Å². The van der Waals surface area contributed by atoms with Gasteiger partial charge in [-0.3, -0.25) is 0 Å². The largest absolute Gasteiger partial charge is 0.455 e. The molecular weight excluding hydrogens is 585 g/mol. The van der Waals surface area contributed by atoms with E-state index in [1.165, 1.54) is 0 Å². The van der Waals surface area contributed by atoms with Gasteiger partial charge in [-0.1, -0.05) is 133 Å². The molecule has 216 valence electrons. The predicted octanol–water partition coefficient (Wildman–Crippen LogP) is 10.7. The minimum Gasteiger partial charge on any atom is -0.455 e. The second kappa shape index (κ2) is 10.9. The van der Waals surface area contributed by atoms with E-state index in [1.54, 1.807) is 11.3 Å². The van der Waals surface area contributed by atoms with Gasteiger partial charge in [0, 0.05) is 44.2 Å². The fourth-order valence-electron chi connectivity index (χ4n) is 6.04. The lowest BCUT2D eigenvalue weighted by molar-refractivity contribution is 0.670. The summed E-state index contributed by atoms with van der Waals surface area (Å²) in [4.78, 5) is 19.9. The first-order chi connectivity index (χ1) is 22.8. The average molecular weight is 609 g/mol.